The quantitative estimate of drug-likeness (QED) is 0.857. The maximum Gasteiger partial charge on any atom is 0.243 e. The van der Waals surface area contributed by atoms with E-state index in [1.54, 1.807) is 17.4 Å². The lowest BCUT2D eigenvalue weighted by Gasteiger charge is -2.34. The fraction of sp³-hybridized carbons (Fsp3) is 0.267. The third-order valence-electron chi connectivity index (χ3n) is 3.57. The Kier molecular flexibility index (Phi) is 3.68. The Morgan fingerprint density at radius 1 is 1.24 bits per heavy atom. The van der Waals surface area contributed by atoms with E-state index >= 15 is 0 Å². The van der Waals surface area contributed by atoms with Crippen LogP contribution in [-0.2, 0) is 22.6 Å². The first-order valence-electron chi connectivity index (χ1n) is 6.83. The molecule has 6 heteroatoms. The summed E-state index contributed by atoms with van der Waals surface area (Å²) in [6.07, 6.45) is 3.72. The van der Waals surface area contributed by atoms with Crippen molar-refractivity contribution in [1.29, 1.82) is 0 Å². The molecule has 3 rings (SSSR count). The minimum atomic E-state index is -0.519. The molecule has 2 heterocycles. The van der Waals surface area contributed by atoms with Gasteiger partial charge in [0.1, 0.15) is 6.04 Å². The average molecular weight is 284 g/mol. The summed E-state index contributed by atoms with van der Waals surface area (Å²) in [6.45, 7) is 0.491. The van der Waals surface area contributed by atoms with E-state index in [1.165, 1.54) is 0 Å². The Morgan fingerprint density at radius 2 is 2.05 bits per heavy atom. The zero-order valence-corrected chi connectivity index (χ0v) is 11.5. The Balaban J connectivity index is 1.82. The molecule has 1 saturated heterocycles. The lowest BCUT2D eigenvalue weighted by molar-refractivity contribution is -0.146. The maximum atomic E-state index is 12.2. The molecular weight excluding hydrogens is 268 g/mol. The lowest BCUT2D eigenvalue weighted by Crippen LogP contribution is -2.58. The highest BCUT2D eigenvalue weighted by Gasteiger charge is 2.34. The van der Waals surface area contributed by atoms with Crippen LogP contribution in [0.15, 0.2) is 42.9 Å². The van der Waals surface area contributed by atoms with Gasteiger partial charge in [-0.3, -0.25) is 9.59 Å². The highest BCUT2D eigenvalue weighted by Crippen LogP contribution is 2.15. The minimum absolute atomic E-state index is 0.0583. The van der Waals surface area contributed by atoms with E-state index in [0.29, 0.717) is 13.0 Å². The van der Waals surface area contributed by atoms with Crippen molar-refractivity contribution < 1.29 is 9.59 Å². The molecule has 0 radical (unpaired) electrons. The number of nitrogens with one attached hydrogen (secondary N) is 2. The van der Waals surface area contributed by atoms with Crippen LogP contribution in [0.4, 0.5) is 0 Å². The molecule has 0 spiro atoms. The van der Waals surface area contributed by atoms with Crippen LogP contribution in [0, 0.1) is 0 Å². The predicted molar refractivity (Wildman–Crippen MR) is 76.1 cm³/mol. The molecule has 0 saturated carbocycles. The molecule has 1 aromatic heterocycles. The van der Waals surface area contributed by atoms with Gasteiger partial charge in [0.05, 0.1) is 18.6 Å². The van der Waals surface area contributed by atoms with Crippen LogP contribution in [0.3, 0.4) is 0 Å². The monoisotopic (exact) mass is 284 g/mol. The van der Waals surface area contributed by atoms with Crippen molar-refractivity contribution in [3.05, 3.63) is 54.1 Å². The molecule has 2 N–H and O–H groups in total. The smallest absolute Gasteiger partial charge is 0.243 e. The summed E-state index contributed by atoms with van der Waals surface area (Å²) >= 11 is 0. The van der Waals surface area contributed by atoms with Crippen LogP contribution in [0.5, 0.6) is 0 Å². The molecule has 0 bridgehead atoms. The normalized spacial score (nSPS) is 18.7. The molecule has 1 aliphatic rings. The van der Waals surface area contributed by atoms with E-state index in [9.17, 15) is 9.59 Å². The largest absolute Gasteiger partial charge is 0.351 e. The van der Waals surface area contributed by atoms with Gasteiger partial charge in [-0.25, -0.2) is 4.98 Å². The number of aromatic nitrogens is 2. The third-order valence-corrected chi connectivity index (χ3v) is 3.57. The molecule has 0 aliphatic carbocycles. The maximum absolute atomic E-state index is 12.2. The van der Waals surface area contributed by atoms with Gasteiger partial charge in [-0.05, 0) is 5.56 Å². The van der Waals surface area contributed by atoms with E-state index in [4.69, 9.17) is 0 Å². The second-order valence-electron chi connectivity index (χ2n) is 5.01. The van der Waals surface area contributed by atoms with Gasteiger partial charge < -0.3 is 15.2 Å². The van der Waals surface area contributed by atoms with E-state index in [1.807, 2.05) is 30.3 Å². The summed E-state index contributed by atoms with van der Waals surface area (Å²) in [4.78, 5) is 32.9. The van der Waals surface area contributed by atoms with Crippen molar-refractivity contribution in [1.82, 2.24) is 20.2 Å². The standard InChI is InChI=1S/C15H16N4O2/c20-14-8-17-15(21)13(6-12-7-16-10-18-12)19(14)9-11-4-2-1-3-5-11/h1-5,7,10,13H,6,8-9H2,(H,16,18)(H,17,21)/t13-/m1/s1. The van der Waals surface area contributed by atoms with Crippen LogP contribution < -0.4 is 5.32 Å². The molecular formula is C15H16N4O2. The predicted octanol–water partition coefficient (Wildman–Crippen LogP) is 0.479. The molecule has 2 aromatic rings. The number of carbonyl (C=O) groups excluding carboxylic acids is 2. The number of benzene rings is 1. The first-order chi connectivity index (χ1) is 10.2. The fourth-order valence-corrected chi connectivity index (χ4v) is 2.48. The minimum Gasteiger partial charge on any atom is -0.351 e. The second-order valence-corrected chi connectivity index (χ2v) is 5.01. The fourth-order valence-electron chi connectivity index (χ4n) is 2.48. The molecule has 6 nitrogen and oxygen atoms in total. The molecule has 2 amide bonds. The number of piperazine rings is 1. The number of amides is 2. The van der Waals surface area contributed by atoms with Crippen LogP contribution >= 0.6 is 0 Å². The number of carbonyl (C=O) groups is 2. The van der Waals surface area contributed by atoms with Crippen LogP contribution in [0.25, 0.3) is 0 Å². The molecule has 21 heavy (non-hydrogen) atoms. The van der Waals surface area contributed by atoms with E-state index < -0.39 is 6.04 Å². The molecule has 1 aromatic carbocycles. The van der Waals surface area contributed by atoms with Gasteiger partial charge in [-0.2, -0.15) is 0 Å². The Morgan fingerprint density at radius 3 is 2.76 bits per heavy atom. The molecule has 1 aliphatic heterocycles. The van der Waals surface area contributed by atoms with Gasteiger partial charge in [0.2, 0.25) is 11.8 Å². The highest BCUT2D eigenvalue weighted by atomic mass is 16.2. The number of aromatic amines is 1. The number of imidazole rings is 1. The van der Waals surface area contributed by atoms with Gasteiger partial charge in [0.25, 0.3) is 0 Å². The SMILES string of the molecule is O=C1NCC(=O)N(Cc2ccccc2)[C@@H]1Cc1c[nH]cn1. The van der Waals surface area contributed by atoms with Gasteiger partial charge in [-0.15, -0.1) is 0 Å². The number of H-pyrrole nitrogens is 1. The average Bonchev–Trinajstić information content (AvgIpc) is 3.01. The van der Waals surface area contributed by atoms with Crippen molar-refractivity contribution in [3.8, 4) is 0 Å². The van der Waals surface area contributed by atoms with Gasteiger partial charge >= 0.3 is 0 Å². The lowest BCUT2D eigenvalue weighted by atomic mass is 10.1. The number of rotatable bonds is 4. The number of nitrogens with zero attached hydrogens (tertiary/aromatic N) is 2. The van der Waals surface area contributed by atoms with Crippen molar-refractivity contribution >= 4 is 11.8 Å². The summed E-state index contributed by atoms with van der Waals surface area (Å²) in [5.41, 5.74) is 1.77. The molecule has 108 valence electrons. The van der Waals surface area contributed by atoms with Crippen LogP contribution in [-0.4, -0.2) is 39.3 Å². The molecule has 1 fully saturated rings. The van der Waals surface area contributed by atoms with E-state index in [2.05, 4.69) is 15.3 Å². The molecule has 0 unspecified atom stereocenters. The Bertz CT molecular complexity index is 624. The van der Waals surface area contributed by atoms with Crippen LogP contribution in [0.2, 0.25) is 0 Å². The number of hydrogen-bond donors (Lipinski definition) is 2. The summed E-state index contributed by atoms with van der Waals surface area (Å²) < 4.78 is 0. The van der Waals surface area contributed by atoms with E-state index in [0.717, 1.165) is 11.3 Å². The zero-order chi connectivity index (χ0) is 14.7. The molecule has 1 atom stereocenters. The van der Waals surface area contributed by atoms with Crippen molar-refractivity contribution in [2.45, 2.75) is 19.0 Å². The van der Waals surface area contributed by atoms with Gasteiger partial charge in [0, 0.05) is 19.2 Å². The Hall–Kier alpha value is -2.63. The summed E-state index contributed by atoms with van der Waals surface area (Å²) in [5, 5.41) is 2.64. The zero-order valence-electron chi connectivity index (χ0n) is 11.5. The first kappa shape index (κ1) is 13.4. The summed E-state index contributed by atoms with van der Waals surface area (Å²) in [6, 6.07) is 9.15. The Labute approximate surface area is 122 Å². The van der Waals surface area contributed by atoms with Crippen molar-refractivity contribution in [3.63, 3.8) is 0 Å². The summed E-state index contributed by atoms with van der Waals surface area (Å²) in [5.74, 6) is -0.201. The number of hydrogen-bond acceptors (Lipinski definition) is 3. The van der Waals surface area contributed by atoms with Gasteiger partial charge in [0.15, 0.2) is 0 Å². The van der Waals surface area contributed by atoms with E-state index in [-0.39, 0.29) is 18.4 Å². The van der Waals surface area contributed by atoms with Crippen LogP contribution in [0.1, 0.15) is 11.3 Å². The third kappa shape index (κ3) is 2.94. The summed E-state index contributed by atoms with van der Waals surface area (Å²) in [7, 11) is 0. The second kappa shape index (κ2) is 5.78. The van der Waals surface area contributed by atoms with Crippen molar-refractivity contribution in [2.24, 2.45) is 0 Å². The van der Waals surface area contributed by atoms with Gasteiger partial charge in [-0.1, -0.05) is 30.3 Å². The topological polar surface area (TPSA) is 78.1 Å². The highest BCUT2D eigenvalue weighted by molar-refractivity contribution is 5.94. The van der Waals surface area contributed by atoms with Crippen molar-refractivity contribution in [2.75, 3.05) is 6.54 Å². The first-order valence-corrected chi connectivity index (χ1v) is 6.83.